The highest BCUT2D eigenvalue weighted by Gasteiger charge is 2.08. The van der Waals surface area contributed by atoms with Crippen molar-refractivity contribution in [1.29, 1.82) is 0 Å². The highest BCUT2D eigenvalue weighted by Crippen LogP contribution is 2.15. The summed E-state index contributed by atoms with van der Waals surface area (Å²) in [4.78, 5) is 11.7. The van der Waals surface area contributed by atoms with Crippen LogP contribution < -0.4 is 0 Å². The fourth-order valence-electron chi connectivity index (χ4n) is 1.53. The van der Waals surface area contributed by atoms with Crippen molar-refractivity contribution in [3.8, 4) is 0 Å². The van der Waals surface area contributed by atoms with Gasteiger partial charge in [-0.15, -0.1) is 0 Å². The highest BCUT2D eigenvalue weighted by atomic mass is 16.5. The first-order valence-corrected chi connectivity index (χ1v) is 5.17. The molecule has 1 heterocycles. The molecule has 0 atom stereocenters. The monoisotopic (exact) mass is 215 g/mol. The van der Waals surface area contributed by atoms with E-state index in [1.807, 2.05) is 43.3 Å². The van der Waals surface area contributed by atoms with Crippen molar-refractivity contribution in [3.63, 3.8) is 0 Å². The quantitative estimate of drug-likeness (QED) is 0.720. The zero-order valence-corrected chi connectivity index (χ0v) is 9.09. The van der Waals surface area contributed by atoms with Crippen LogP contribution in [0, 0.1) is 0 Å². The molecule has 82 valence electrons. The largest absolute Gasteiger partial charge is 0.445 e. The Labute approximate surface area is 93.9 Å². The molecule has 0 fully saturated rings. The first-order valence-electron chi connectivity index (χ1n) is 5.17. The van der Waals surface area contributed by atoms with Gasteiger partial charge in [0.2, 0.25) is 0 Å². The molecule has 0 N–H and O–H groups in total. The van der Waals surface area contributed by atoms with Gasteiger partial charge in [-0.3, -0.25) is 4.57 Å². The predicted octanol–water partition coefficient (Wildman–Crippen LogP) is 3.20. The number of fused-ring (bicyclic) bond motifs is 1. The van der Waals surface area contributed by atoms with Crippen molar-refractivity contribution in [2.75, 3.05) is 6.61 Å². The van der Waals surface area contributed by atoms with Gasteiger partial charge in [-0.1, -0.05) is 30.4 Å². The van der Waals surface area contributed by atoms with Gasteiger partial charge < -0.3 is 4.74 Å². The van der Waals surface area contributed by atoms with Gasteiger partial charge in [0.25, 0.3) is 0 Å². The van der Waals surface area contributed by atoms with Gasteiger partial charge in [-0.2, -0.15) is 0 Å². The lowest BCUT2D eigenvalue weighted by Gasteiger charge is -2.03. The van der Waals surface area contributed by atoms with Crippen LogP contribution in [0.5, 0.6) is 0 Å². The second-order valence-corrected chi connectivity index (χ2v) is 3.39. The number of rotatable bonds is 2. The molecule has 0 radical (unpaired) electrons. The van der Waals surface area contributed by atoms with E-state index in [1.165, 1.54) is 4.57 Å². The molecule has 0 unspecified atom stereocenters. The summed E-state index contributed by atoms with van der Waals surface area (Å²) in [5.74, 6) is 0. The molecule has 0 amide bonds. The number of allylic oxidation sites excluding steroid dienone is 1. The first-order chi connectivity index (χ1) is 7.83. The molecular formula is C13H13NO2. The zero-order chi connectivity index (χ0) is 11.4. The second-order valence-electron chi connectivity index (χ2n) is 3.39. The minimum Gasteiger partial charge on any atom is -0.445 e. The van der Waals surface area contributed by atoms with Gasteiger partial charge in [0, 0.05) is 11.6 Å². The molecule has 2 aromatic rings. The van der Waals surface area contributed by atoms with Crippen molar-refractivity contribution in [3.05, 3.63) is 48.7 Å². The van der Waals surface area contributed by atoms with Crippen LogP contribution in [0.4, 0.5) is 4.79 Å². The van der Waals surface area contributed by atoms with Crippen molar-refractivity contribution < 1.29 is 9.53 Å². The van der Waals surface area contributed by atoms with Crippen LogP contribution in [-0.4, -0.2) is 17.3 Å². The molecule has 0 aliphatic rings. The number of hydrogen-bond donors (Lipinski definition) is 0. The van der Waals surface area contributed by atoms with Crippen molar-refractivity contribution in [2.45, 2.75) is 6.92 Å². The molecular weight excluding hydrogens is 202 g/mol. The van der Waals surface area contributed by atoms with E-state index in [-0.39, 0.29) is 6.09 Å². The van der Waals surface area contributed by atoms with E-state index in [1.54, 1.807) is 12.3 Å². The SMILES string of the molecule is C/C=C/COC(=O)n1ccc2ccccc21. The summed E-state index contributed by atoms with van der Waals surface area (Å²) < 4.78 is 6.58. The van der Waals surface area contributed by atoms with E-state index in [2.05, 4.69) is 0 Å². The molecule has 0 aliphatic carbocycles. The highest BCUT2D eigenvalue weighted by molar-refractivity contribution is 5.89. The van der Waals surface area contributed by atoms with Crippen molar-refractivity contribution >= 4 is 17.0 Å². The fourth-order valence-corrected chi connectivity index (χ4v) is 1.53. The molecule has 2 rings (SSSR count). The van der Waals surface area contributed by atoms with E-state index >= 15 is 0 Å². The van der Waals surface area contributed by atoms with Gasteiger partial charge in [0.05, 0.1) is 5.52 Å². The van der Waals surface area contributed by atoms with E-state index in [4.69, 9.17) is 4.74 Å². The van der Waals surface area contributed by atoms with E-state index in [9.17, 15) is 4.79 Å². The van der Waals surface area contributed by atoms with Crippen LogP contribution in [0.25, 0.3) is 10.9 Å². The van der Waals surface area contributed by atoms with Crippen LogP contribution in [0.2, 0.25) is 0 Å². The maximum absolute atomic E-state index is 11.7. The summed E-state index contributed by atoms with van der Waals surface area (Å²) in [6.45, 7) is 2.20. The van der Waals surface area contributed by atoms with Gasteiger partial charge >= 0.3 is 6.09 Å². The Bertz CT molecular complexity index is 525. The number of aromatic nitrogens is 1. The third-order valence-electron chi connectivity index (χ3n) is 2.33. The fraction of sp³-hybridized carbons (Fsp3) is 0.154. The van der Waals surface area contributed by atoms with E-state index < -0.39 is 0 Å². The van der Waals surface area contributed by atoms with E-state index in [0.717, 1.165) is 10.9 Å². The third kappa shape index (κ3) is 1.98. The Kier molecular flexibility index (Phi) is 3.05. The number of nitrogens with zero attached hydrogens (tertiary/aromatic N) is 1. The van der Waals surface area contributed by atoms with E-state index in [0.29, 0.717) is 6.61 Å². The van der Waals surface area contributed by atoms with Gasteiger partial charge in [0.15, 0.2) is 0 Å². The number of benzene rings is 1. The van der Waals surface area contributed by atoms with Crippen LogP contribution in [-0.2, 0) is 4.74 Å². The predicted molar refractivity (Wildman–Crippen MR) is 63.5 cm³/mol. The zero-order valence-electron chi connectivity index (χ0n) is 9.09. The summed E-state index contributed by atoms with van der Waals surface area (Å²) in [6.07, 6.45) is 5.02. The van der Waals surface area contributed by atoms with Gasteiger partial charge in [0.1, 0.15) is 6.61 Å². The molecule has 0 spiro atoms. The molecule has 0 saturated heterocycles. The molecule has 0 aliphatic heterocycles. The number of ether oxygens (including phenoxy) is 1. The lowest BCUT2D eigenvalue weighted by molar-refractivity contribution is 0.161. The molecule has 0 bridgehead atoms. The first kappa shape index (κ1) is 10.5. The molecule has 16 heavy (non-hydrogen) atoms. The summed E-state index contributed by atoms with van der Waals surface area (Å²) in [7, 11) is 0. The Morgan fingerprint density at radius 1 is 1.38 bits per heavy atom. The summed E-state index contributed by atoms with van der Waals surface area (Å²) >= 11 is 0. The van der Waals surface area contributed by atoms with Crippen LogP contribution in [0.15, 0.2) is 48.7 Å². The maximum atomic E-state index is 11.7. The van der Waals surface area contributed by atoms with Crippen molar-refractivity contribution in [1.82, 2.24) is 4.57 Å². The average molecular weight is 215 g/mol. The minimum absolute atomic E-state index is 0.307. The molecule has 1 aromatic heterocycles. The minimum atomic E-state index is -0.348. The normalized spacial score (nSPS) is 11.1. The maximum Gasteiger partial charge on any atom is 0.418 e. The van der Waals surface area contributed by atoms with Crippen LogP contribution in [0.1, 0.15) is 6.92 Å². The third-order valence-corrected chi connectivity index (χ3v) is 2.33. The summed E-state index contributed by atoms with van der Waals surface area (Å²) in [6, 6.07) is 9.60. The Morgan fingerprint density at radius 3 is 3.00 bits per heavy atom. The smallest absolute Gasteiger partial charge is 0.418 e. The molecule has 0 saturated carbocycles. The summed E-state index contributed by atoms with van der Waals surface area (Å²) in [5, 5.41) is 1.03. The lowest BCUT2D eigenvalue weighted by atomic mass is 10.2. The standard InChI is InChI=1S/C13H13NO2/c1-2-3-10-16-13(15)14-9-8-11-6-4-5-7-12(11)14/h2-9H,10H2,1H3/b3-2+. The Balaban J connectivity index is 2.23. The molecule has 1 aromatic carbocycles. The topological polar surface area (TPSA) is 31.2 Å². The number of carbonyl (C=O) groups excluding carboxylic acids is 1. The number of para-hydroxylation sites is 1. The van der Waals surface area contributed by atoms with Gasteiger partial charge in [-0.05, 0) is 19.1 Å². The second kappa shape index (κ2) is 4.66. The van der Waals surface area contributed by atoms with Gasteiger partial charge in [-0.25, -0.2) is 4.79 Å². The molecule has 3 nitrogen and oxygen atoms in total. The number of carbonyl (C=O) groups is 1. The van der Waals surface area contributed by atoms with Crippen LogP contribution in [0.3, 0.4) is 0 Å². The Hall–Kier alpha value is -2.03. The average Bonchev–Trinajstić information content (AvgIpc) is 2.73. The Morgan fingerprint density at radius 2 is 2.19 bits per heavy atom. The van der Waals surface area contributed by atoms with Crippen molar-refractivity contribution in [2.24, 2.45) is 0 Å². The molecule has 3 heteroatoms. The van der Waals surface area contributed by atoms with Crippen LogP contribution >= 0.6 is 0 Å². The summed E-state index contributed by atoms with van der Waals surface area (Å²) in [5.41, 5.74) is 0.868. The number of hydrogen-bond acceptors (Lipinski definition) is 2. The lowest BCUT2D eigenvalue weighted by Crippen LogP contribution is -2.12.